The van der Waals surface area contributed by atoms with Crippen molar-refractivity contribution in [3.63, 3.8) is 0 Å². The van der Waals surface area contributed by atoms with E-state index in [0.29, 0.717) is 22.9 Å². The Labute approximate surface area is 164 Å². The normalized spacial score (nSPS) is 10.2. The molecule has 2 N–H and O–H groups in total. The molecule has 1 heterocycles. The molecule has 0 aliphatic rings. The monoisotopic (exact) mass is 377 g/mol. The van der Waals surface area contributed by atoms with Crippen LogP contribution in [0.25, 0.3) is 0 Å². The van der Waals surface area contributed by atoms with Gasteiger partial charge in [0.15, 0.2) is 11.5 Å². The number of amides is 1. The van der Waals surface area contributed by atoms with Crippen molar-refractivity contribution < 1.29 is 14.3 Å². The van der Waals surface area contributed by atoms with Gasteiger partial charge in [0.1, 0.15) is 5.69 Å². The van der Waals surface area contributed by atoms with Crippen LogP contribution in [-0.2, 0) is 6.42 Å². The number of nitrogens with one attached hydrogen (secondary N) is 2. The van der Waals surface area contributed by atoms with Crippen molar-refractivity contribution >= 4 is 17.3 Å². The van der Waals surface area contributed by atoms with Gasteiger partial charge in [0, 0.05) is 18.3 Å². The number of nitrogens with zero attached hydrogens (tertiary/aromatic N) is 1. The van der Waals surface area contributed by atoms with E-state index in [0.717, 1.165) is 18.7 Å². The molecule has 0 bridgehead atoms. The molecule has 0 unspecified atom stereocenters. The average molecular weight is 377 g/mol. The molecule has 3 rings (SSSR count). The molecule has 2 aromatic carbocycles. The van der Waals surface area contributed by atoms with Crippen molar-refractivity contribution in [2.75, 3.05) is 31.4 Å². The maximum Gasteiger partial charge on any atom is 0.274 e. The molecular weight excluding hydrogens is 354 g/mol. The fourth-order valence-corrected chi connectivity index (χ4v) is 2.74. The predicted molar refractivity (Wildman–Crippen MR) is 110 cm³/mol. The van der Waals surface area contributed by atoms with Crippen molar-refractivity contribution in [2.24, 2.45) is 0 Å². The number of ether oxygens (including phenoxy) is 2. The van der Waals surface area contributed by atoms with Crippen LogP contribution in [0.15, 0.2) is 66.9 Å². The zero-order valence-electron chi connectivity index (χ0n) is 15.9. The minimum Gasteiger partial charge on any atom is -0.493 e. The molecule has 0 saturated heterocycles. The summed E-state index contributed by atoms with van der Waals surface area (Å²) in [5.74, 6) is 0.860. The summed E-state index contributed by atoms with van der Waals surface area (Å²) >= 11 is 0. The maximum absolute atomic E-state index is 12.4. The third kappa shape index (κ3) is 5.01. The van der Waals surface area contributed by atoms with E-state index in [1.165, 1.54) is 5.56 Å². The summed E-state index contributed by atoms with van der Waals surface area (Å²) in [7, 11) is 3.12. The minimum atomic E-state index is -0.289. The smallest absolute Gasteiger partial charge is 0.274 e. The number of carbonyl (C=O) groups excluding carboxylic acids is 1. The lowest BCUT2D eigenvalue weighted by atomic mass is 10.1. The molecule has 1 aromatic heterocycles. The standard InChI is InChI=1S/C22H23N3O3/c1-27-20-11-9-17(14-21(20)28-2)25-22(26)19-10-8-18(15-24-19)23-13-12-16-6-4-3-5-7-16/h3-11,14-15,23H,12-13H2,1-2H3,(H,25,26). The highest BCUT2D eigenvalue weighted by atomic mass is 16.5. The molecule has 28 heavy (non-hydrogen) atoms. The summed E-state index contributed by atoms with van der Waals surface area (Å²) in [6.07, 6.45) is 2.58. The summed E-state index contributed by atoms with van der Waals surface area (Å²) in [5, 5.41) is 6.12. The topological polar surface area (TPSA) is 72.5 Å². The number of carbonyl (C=O) groups is 1. The van der Waals surface area contributed by atoms with Gasteiger partial charge in [-0.1, -0.05) is 30.3 Å². The second kappa shape index (κ2) is 9.41. The van der Waals surface area contributed by atoms with Crippen LogP contribution in [0, 0.1) is 0 Å². The largest absolute Gasteiger partial charge is 0.493 e. The van der Waals surface area contributed by atoms with Gasteiger partial charge >= 0.3 is 0 Å². The van der Waals surface area contributed by atoms with Gasteiger partial charge in [-0.2, -0.15) is 0 Å². The molecular formula is C22H23N3O3. The molecule has 6 nitrogen and oxygen atoms in total. The van der Waals surface area contributed by atoms with Gasteiger partial charge in [0.25, 0.3) is 5.91 Å². The SMILES string of the molecule is COc1ccc(NC(=O)c2ccc(NCCc3ccccc3)cn2)cc1OC. The molecule has 0 spiro atoms. The van der Waals surface area contributed by atoms with Gasteiger partial charge in [0.05, 0.1) is 26.1 Å². The van der Waals surface area contributed by atoms with E-state index in [1.54, 1.807) is 44.7 Å². The van der Waals surface area contributed by atoms with Crippen LogP contribution in [0.4, 0.5) is 11.4 Å². The third-order valence-corrected chi connectivity index (χ3v) is 4.22. The van der Waals surface area contributed by atoms with E-state index < -0.39 is 0 Å². The Kier molecular flexibility index (Phi) is 6.46. The first-order valence-corrected chi connectivity index (χ1v) is 8.97. The summed E-state index contributed by atoms with van der Waals surface area (Å²) in [6, 6.07) is 19.0. The lowest BCUT2D eigenvalue weighted by Crippen LogP contribution is -2.14. The van der Waals surface area contributed by atoms with Crippen LogP contribution in [0.2, 0.25) is 0 Å². The van der Waals surface area contributed by atoms with Gasteiger partial charge in [-0.05, 0) is 36.2 Å². The van der Waals surface area contributed by atoms with E-state index in [9.17, 15) is 4.79 Å². The Hall–Kier alpha value is -3.54. The summed E-state index contributed by atoms with van der Waals surface area (Å²) in [5.41, 5.74) is 3.09. The van der Waals surface area contributed by atoms with E-state index in [2.05, 4.69) is 27.8 Å². The highest BCUT2D eigenvalue weighted by Gasteiger charge is 2.10. The Morgan fingerprint density at radius 1 is 0.929 bits per heavy atom. The lowest BCUT2D eigenvalue weighted by Gasteiger charge is -2.11. The predicted octanol–water partition coefficient (Wildman–Crippen LogP) is 4.01. The number of pyridine rings is 1. The number of hydrogen-bond acceptors (Lipinski definition) is 5. The number of aromatic nitrogens is 1. The lowest BCUT2D eigenvalue weighted by molar-refractivity contribution is 0.102. The Morgan fingerprint density at radius 3 is 2.36 bits per heavy atom. The fraction of sp³-hybridized carbons (Fsp3) is 0.182. The number of hydrogen-bond donors (Lipinski definition) is 2. The first-order valence-electron chi connectivity index (χ1n) is 8.97. The molecule has 0 saturated carbocycles. The Morgan fingerprint density at radius 2 is 1.68 bits per heavy atom. The molecule has 0 radical (unpaired) electrons. The van der Waals surface area contributed by atoms with Crippen LogP contribution in [-0.4, -0.2) is 31.7 Å². The summed E-state index contributed by atoms with van der Waals surface area (Å²) < 4.78 is 10.4. The summed E-state index contributed by atoms with van der Waals surface area (Å²) in [4.78, 5) is 16.7. The molecule has 0 atom stereocenters. The van der Waals surface area contributed by atoms with Crippen LogP contribution < -0.4 is 20.1 Å². The highest BCUT2D eigenvalue weighted by Crippen LogP contribution is 2.29. The first kappa shape index (κ1) is 19.2. The third-order valence-electron chi connectivity index (χ3n) is 4.22. The van der Waals surface area contributed by atoms with Gasteiger partial charge in [-0.25, -0.2) is 4.98 Å². The number of benzene rings is 2. The fourth-order valence-electron chi connectivity index (χ4n) is 2.74. The molecule has 0 fully saturated rings. The number of rotatable bonds is 8. The molecule has 3 aromatic rings. The van der Waals surface area contributed by atoms with Crippen LogP contribution >= 0.6 is 0 Å². The number of methoxy groups -OCH3 is 2. The maximum atomic E-state index is 12.4. The number of anilines is 2. The van der Waals surface area contributed by atoms with Gasteiger partial charge in [-0.3, -0.25) is 4.79 Å². The van der Waals surface area contributed by atoms with Crippen molar-refractivity contribution in [2.45, 2.75) is 6.42 Å². The second-order valence-electron chi connectivity index (χ2n) is 6.12. The zero-order chi connectivity index (χ0) is 19.8. The highest BCUT2D eigenvalue weighted by molar-refractivity contribution is 6.03. The van der Waals surface area contributed by atoms with Crippen LogP contribution in [0.1, 0.15) is 16.1 Å². The second-order valence-corrected chi connectivity index (χ2v) is 6.12. The Balaban J connectivity index is 1.56. The average Bonchev–Trinajstić information content (AvgIpc) is 2.75. The van der Waals surface area contributed by atoms with Crippen molar-refractivity contribution in [1.82, 2.24) is 4.98 Å². The van der Waals surface area contributed by atoms with E-state index in [4.69, 9.17) is 9.47 Å². The summed E-state index contributed by atoms with van der Waals surface area (Å²) in [6.45, 7) is 0.795. The quantitative estimate of drug-likeness (QED) is 0.621. The molecule has 6 heteroatoms. The van der Waals surface area contributed by atoms with E-state index in [1.807, 2.05) is 24.3 Å². The van der Waals surface area contributed by atoms with Gasteiger partial charge < -0.3 is 20.1 Å². The van der Waals surface area contributed by atoms with Crippen molar-refractivity contribution in [3.05, 3.63) is 78.1 Å². The van der Waals surface area contributed by atoms with Crippen LogP contribution in [0.5, 0.6) is 11.5 Å². The first-order chi connectivity index (χ1) is 13.7. The van der Waals surface area contributed by atoms with E-state index >= 15 is 0 Å². The van der Waals surface area contributed by atoms with Gasteiger partial charge in [0.2, 0.25) is 0 Å². The molecule has 144 valence electrons. The van der Waals surface area contributed by atoms with Crippen molar-refractivity contribution in [3.8, 4) is 11.5 Å². The molecule has 1 amide bonds. The van der Waals surface area contributed by atoms with Gasteiger partial charge in [-0.15, -0.1) is 0 Å². The zero-order valence-corrected chi connectivity index (χ0v) is 15.9. The van der Waals surface area contributed by atoms with Crippen LogP contribution in [0.3, 0.4) is 0 Å². The Bertz CT molecular complexity index is 912. The van der Waals surface area contributed by atoms with E-state index in [-0.39, 0.29) is 5.91 Å². The molecule has 0 aliphatic heterocycles. The minimum absolute atomic E-state index is 0.289. The van der Waals surface area contributed by atoms with Crippen molar-refractivity contribution in [1.29, 1.82) is 0 Å². The molecule has 0 aliphatic carbocycles.